The Morgan fingerprint density at radius 1 is 1.43 bits per heavy atom. The van der Waals surface area contributed by atoms with Crippen molar-refractivity contribution in [2.45, 2.75) is 18.9 Å². The van der Waals surface area contributed by atoms with Crippen LogP contribution in [0.4, 0.5) is 11.4 Å². The van der Waals surface area contributed by atoms with Crippen molar-refractivity contribution >= 4 is 11.4 Å². The van der Waals surface area contributed by atoms with Crippen LogP contribution in [0.15, 0.2) is 18.5 Å². The maximum atomic E-state index is 9.37. The Balaban J connectivity index is 2.12. The summed E-state index contributed by atoms with van der Waals surface area (Å²) in [6.07, 6.45) is 4.91. The molecular weight excluding hydrogens is 178 g/mol. The first-order valence-corrected chi connectivity index (χ1v) is 4.90. The van der Waals surface area contributed by atoms with E-state index in [2.05, 4.69) is 9.88 Å². The van der Waals surface area contributed by atoms with Crippen molar-refractivity contribution in [2.75, 3.05) is 23.7 Å². The lowest BCUT2D eigenvalue weighted by molar-refractivity contribution is 0.145. The summed E-state index contributed by atoms with van der Waals surface area (Å²) in [5.41, 5.74) is 7.57. The third-order valence-corrected chi connectivity index (χ3v) is 2.63. The van der Waals surface area contributed by atoms with Gasteiger partial charge in [0.1, 0.15) is 0 Å². The molecule has 0 aromatic carbocycles. The smallest absolute Gasteiger partial charge is 0.0738 e. The van der Waals surface area contributed by atoms with Crippen LogP contribution in [-0.2, 0) is 0 Å². The van der Waals surface area contributed by atoms with Gasteiger partial charge in [-0.05, 0) is 18.9 Å². The number of hydrogen-bond donors (Lipinski definition) is 2. The molecule has 14 heavy (non-hydrogen) atoms. The zero-order valence-corrected chi connectivity index (χ0v) is 8.06. The van der Waals surface area contributed by atoms with Crippen LogP contribution in [0.2, 0.25) is 0 Å². The van der Waals surface area contributed by atoms with E-state index in [4.69, 9.17) is 5.73 Å². The van der Waals surface area contributed by atoms with Gasteiger partial charge in [0.15, 0.2) is 0 Å². The predicted molar refractivity (Wildman–Crippen MR) is 56.1 cm³/mol. The Morgan fingerprint density at radius 3 is 2.79 bits per heavy atom. The molecule has 0 spiro atoms. The van der Waals surface area contributed by atoms with Crippen molar-refractivity contribution in [2.24, 2.45) is 0 Å². The first-order chi connectivity index (χ1) is 6.77. The summed E-state index contributed by atoms with van der Waals surface area (Å²) in [6.45, 7) is 1.74. The van der Waals surface area contributed by atoms with Crippen LogP contribution in [0.1, 0.15) is 12.8 Å². The average Bonchev–Trinajstić information content (AvgIpc) is 2.20. The minimum Gasteiger partial charge on any atom is -0.396 e. The van der Waals surface area contributed by atoms with E-state index in [9.17, 15) is 5.11 Å². The van der Waals surface area contributed by atoms with Gasteiger partial charge in [0.25, 0.3) is 0 Å². The number of rotatable bonds is 1. The highest BCUT2D eigenvalue weighted by molar-refractivity contribution is 5.66. The van der Waals surface area contributed by atoms with Gasteiger partial charge in [-0.15, -0.1) is 0 Å². The molecule has 4 heteroatoms. The van der Waals surface area contributed by atoms with Gasteiger partial charge in [0.2, 0.25) is 0 Å². The number of aliphatic hydroxyl groups is 1. The third-order valence-electron chi connectivity index (χ3n) is 2.63. The zero-order chi connectivity index (χ0) is 9.97. The van der Waals surface area contributed by atoms with E-state index in [1.165, 1.54) is 0 Å². The van der Waals surface area contributed by atoms with Gasteiger partial charge in [-0.3, -0.25) is 4.98 Å². The number of aliphatic hydroxyl groups excluding tert-OH is 1. The fourth-order valence-corrected chi connectivity index (χ4v) is 1.79. The molecule has 1 aromatic heterocycles. The van der Waals surface area contributed by atoms with Gasteiger partial charge < -0.3 is 15.7 Å². The molecule has 2 rings (SSSR count). The summed E-state index contributed by atoms with van der Waals surface area (Å²) in [4.78, 5) is 6.15. The molecule has 0 atom stereocenters. The van der Waals surface area contributed by atoms with E-state index in [-0.39, 0.29) is 6.10 Å². The van der Waals surface area contributed by atoms with E-state index in [1.54, 1.807) is 12.4 Å². The first-order valence-electron chi connectivity index (χ1n) is 4.90. The standard InChI is InChI=1S/C10H15N3O/c11-9-7-12-4-1-10(9)13-5-2-8(14)3-6-13/h1,4,7-8,14H,2-3,5-6,11H2. The molecule has 0 amide bonds. The second kappa shape index (κ2) is 3.84. The Hall–Kier alpha value is -1.29. The lowest BCUT2D eigenvalue weighted by Crippen LogP contribution is -2.36. The second-order valence-electron chi connectivity index (χ2n) is 3.65. The highest BCUT2D eigenvalue weighted by Gasteiger charge is 2.18. The molecule has 0 saturated carbocycles. The summed E-state index contributed by atoms with van der Waals surface area (Å²) in [7, 11) is 0. The van der Waals surface area contributed by atoms with Gasteiger partial charge in [0, 0.05) is 19.3 Å². The number of hydrogen-bond acceptors (Lipinski definition) is 4. The molecule has 1 fully saturated rings. The van der Waals surface area contributed by atoms with Crippen molar-refractivity contribution in [1.29, 1.82) is 0 Å². The van der Waals surface area contributed by atoms with Crippen molar-refractivity contribution in [3.05, 3.63) is 18.5 Å². The molecule has 0 radical (unpaired) electrons. The lowest BCUT2D eigenvalue weighted by Gasteiger charge is -2.31. The molecule has 0 unspecified atom stereocenters. The number of piperidine rings is 1. The molecule has 1 saturated heterocycles. The first kappa shape index (κ1) is 9.27. The van der Waals surface area contributed by atoms with Gasteiger partial charge in [-0.2, -0.15) is 0 Å². The Bertz CT molecular complexity index is 308. The fraction of sp³-hybridized carbons (Fsp3) is 0.500. The number of nitrogens with two attached hydrogens (primary N) is 1. The fourth-order valence-electron chi connectivity index (χ4n) is 1.79. The molecule has 3 N–H and O–H groups in total. The number of aromatic nitrogens is 1. The zero-order valence-electron chi connectivity index (χ0n) is 8.06. The molecule has 0 bridgehead atoms. The number of nitrogens with zero attached hydrogens (tertiary/aromatic N) is 2. The Labute approximate surface area is 83.4 Å². The molecule has 1 aliphatic rings. The predicted octanol–water partition coefficient (Wildman–Crippen LogP) is 0.625. The maximum Gasteiger partial charge on any atom is 0.0738 e. The van der Waals surface area contributed by atoms with Crippen LogP contribution in [-0.4, -0.2) is 29.3 Å². The van der Waals surface area contributed by atoms with Crippen molar-refractivity contribution in [3.8, 4) is 0 Å². The molecule has 2 heterocycles. The quantitative estimate of drug-likeness (QED) is 0.686. The van der Waals surface area contributed by atoms with Crippen LogP contribution < -0.4 is 10.6 Å². The summed E-state index contributed by atoms with van der Waals surface area (Å²) in [5.74, 6) is 0. The third kappa shape index (κ3) is 1.80. The van der Waals surface area contributed by atoms with Gasteiger partial charge in [-0.25, -0.2) is 0 Å². The van der Waals surface area contributed by atoms with Crippen LogP contribution >= 0.6 is 0 Å². The highest BCUT2D eigenvalue weighted by atomic mass is 16.3. The minimum atomic E-state index is -0.144. The van der Waals surface area contributed by atoms with E-state index in [0.29, 0.717) is 5.69 Å². The summed E-state index contributed by atoms with van der Waals surface area (Å²) in [5, 5.41) is 9.37. The van der Waals surface area contributed by atoms with Crippen molar-refractivity contribution < 1.29 is 5.11 Å². The largest absolute Gasteiger partial charge is 0.396 e. The van der Waals surface area contributed by atoms with Gasteiger partial charge >= 0.3 is 0 Å². The van der Waals surface area contributed by atoms with Crippen LogP contribution in [0.25, 0.3) is 0 Å². The normalized spacial score (nSPS) is 18.5. The topological polar surface area (TPSA) is 62.4 Å². The summed E-state index contributed by atoms with van der Waals surface area (Å²) >= 11 is 0. The van der Waals surface area contributed by atoms with Crippen molar-refractivity contribution in [3.63, 3.8) is 0 Å². The van der Waals surface area contributed by atoms with E-state index >= 15 is 0 Å². The SMILES string of the molecule is Nc1cnccc1N1CCC(O)CC1. The van der Waals surface area contributed by atoms with Gasteiger partial charge in [-0.1, -0.05) is 0 Å². The molecule has 0 aliphatic carbocycles. The second-order valence-corrected chi connectivity index (χ2v) is 3.65. The average molecular weight is 193 g/mol. The molecule has 1 aliphatic heterocycles. The number of nitrogen functional groups attached to an aromatic ring is 1. The van der Waals surface area contributed by atoms with E-state index in [0.717, 1.165) is 31.6 Å². The monoisotopic (exact) mass is 193 g/mol. The van der Waals surface area contributed by atoms with Crippen LogP contribution in [0.3, 0.4) is 0 Å². The molecule has 76 valence electrons. The lowest BCUT2D eigenvalue weighted by atomic mass is 10.1. The van der Waals surface area contributed by atoms with Gasteiger partial charge in [0.05, 0.1) is 23.7 Å². The Morgan fingerprint density at radius 2 is 2.14 bits per heavy atom. The Kier molecular flexibility index (Phi) is 2.54. The number of anilines is 2. The van der Waals surface area contributed by atoms with Crippen LogP contribution in [0, 0.1) is 0 Å². The maximum absolute atomic E-state index is 9.37. The molecule has 4 nitrogen and oxygen atoms in total. The van der Waals surface area contributed by atoms with E-state index < -0.39 is 0 Å². The molecule has 1 aromatic rings. The minimum absolute atomic E-state index is 0.144. The summed E-state index contributed by atoms with van der Waals surface area (Å²) < 4.78 is 0. The highest BCUT2D eigenvalue weighted by Crippen LogP contribution is 2.24. The molecular formula is C10H15N3O. The van der Waals surface area contributed by atoms with Crippen LogP contribution in [0.5, 0.6) is 0 Å². The van der Waals surface area contributed by atoms with E-state index in [1.807, 2.05) is 6.07 Å². The number of pyridine rings is 1. The van der Waals surface area contributed by atoms with Crippen molar-refractivity contribution in [1.82, 2.24) is 4.98 Å². The summed E-state index contributed by atoms with van der Waals surface area (Å²) in [6, 6.07) is 1.92.